The number of aliphatic hydroxyl groups excluding tert-OH is 1. The van der Waals surface area contributed by atoms with Crippen molar-refractivity contribution in [2.24, 2.45) is 5.92 Å². The van der Waals surface area contributed by atoms with Crippen LogP contribution in [0, 0.1) is 5.92 Å². The standard InChI is InChI=1S/C10H19NO3.ClH/c1-10(2,3)14-9(13)11-5-4-8(6-11)7-12;/h8,12H,4-7H2,1-3H3;1H/t8-;/m0./s1. The molecule has 1 N–H and O–H groups in total. The Bertz CT molecular complexity index is 215. The summed E-state index contributed by atoms with van der Waals surface area (Å²) in [7, 11) is 0. The lowest BCUT2D eigenvalue weighted by Crippen LogP contribution is -2.35. The minimum Gasteiger partial charge on any atom is -0.444 e. The zero-order valence-electron chi connectivity index (χ0n) is 9.52. The van der Waals surface area contributed by atoms with Crippen molar-refractivity contribution in [1.82, 2.24) is 4.90 Å². The van der Waals surface area contributed by atoms with Gasteiger partial charge in [-0.3, -0.25) is 0 Å². The second kappa shape index (κ2) is 5.56. The maximum Gasteiger partial charge on any atom is 0.410 e. The highest BCUT2D eigenvalue weighted by Crippen LogP contribution is 2.18. The van der Waals surface area contributed by atoms with Crippen molar-refractivity contribution in [1.29, 1.82) is 0 Å². The Kier molecular flexibility index (Phi) is 5.38. The van der Waals surface area contributed by atoms with Crippen molar-refractivity contribution in [3.63, 3.8) is 0 Å². The van der Waals surface area contributed by atoms with Crippen LogP contribution < -0.4 is 0 Å². The predicted molar refractivity (Wildman–Crippen MR) is 60.2 cm³/mol. The number of rotatable bonds is 1. The fourth-order valence-corrected chi connectivity index (χ4v) is 1.47. The van der Waals surface area contributed by atoms with Gasteiger partial charge in [-0.15, -0.1) is 12.4 Å². The first-order valence-corrected chi connectivity index (χ1v) is 5.01. The lowest BCUT2D eigenvalue weighted by Gasteiger charge is -2.24. The third-order valence-electron chi connectivity index (χ3n) is 2.20. The van der Waals surface area contributed by atoms with Crippen molar-refractivity contribution >= 4 is 18.5 Å². The average molecular weight is 238 g/mol. The van der Waals surface area contributed by atoms with Crippen molar-refractivity contribution in [2.45, 2.75) is 32.8 Å². The molecule has 5 heteroatoms. The van der Waals surface area contributed by atoms with E-state index in [4.69, 9.17) is 9.84 Å². The lowest BCUT2D eigenvalue weighted by atomic mass is 10.1. The van der Waals surface area contributed by atoms with E-state index in [1.54, 1.807) is 4.90 Å². The third-order valence-corrected chi connectivity index (χ3v) is 2.20. The van der Waals surface area contributed by atoms with E-state index in [9.17, 15) is 4.79 Å². The Morgan fingerprint density at radius 1 is 1.53 bits per heavy atom. The van der Waals surface area contributed by atoms with Crippen LogP contribution in [0.1, 0.15) is 27.2 Å². The van der Waals surface area contributed by atoms with Gasteiger partial charge in [0.1, 0.15) is 5.60 Å². The van der Waals surface area contributed by atoms with E-state index < -0.39 is 5.60 Å². The number of aliphatic hydroxyl groups is 1. The Labute approximate surface area is 97.0 Å². The van der Waals surface area contributed by atoms with Crippen molar-refractivity contribution in [2.75, 3.05) is 19.7 Å². The lowest BCUT2D eigenvalue weighted by molar-refractivity contribution is 0.0284. The fraction of sp³-hybridized carbons (Fsp3) is 0.900. The van der Waals surface area contributed by atoms with E-state index in [1.807, 2.05) is 20.8 Å². The van der Waals surface area contributed by atoms with Crippen LogP contribution in [0.25, 0.3) is 0 Å². The molecule has 1 saturated heterocycles. The monoisotopic (exact) mass is 237 g/mol. The topological polar surface area (TPSA) is 49.8 Å². The van der Waals surface area contributed by atoms with Gasteiger partial charge in [0.15, 0.2) is 0 Å². The van der Waals surface area contributed by atoms with Crippen LogP contribution >= 0.6 is 12.4 Å². The number of carbonyl (C=O) groups is 1. The first-order valence-electron chi connectivity index (χ1n) is 5.01. The van der Waals surface area contributed by atoms with Crippen LogP contribution in [0.15, 0.2) is 0 Å². The fourth-order valence-electron chi connectivity index (χ4n) is 1.47. The van der Waals surface area contributed by atoms with Crippen LogP contribution in [0.3, 0.4) is 0 Å². The van der Waals surface area contributed by atoms with Crippen molar-refractivity contribution in [3.05, 3.63) is 0 Å². The van der Waals surface area contributed by atoms with E-state index in [0.29, 0.717) is 13.1 Å². The molecule has 1 rings (SSSR count). The summed E-state index contributed by atoms with van der Waals surface area (Å²) in [6.07, 6.45) is 0.601. The van der Waals surface area contributed by atoms with E-state index in [2.05, 4.69) is 0 Å². The molecule has 1 aliphatic rings. The van der Waals surface area contributed by atoms with Gasteiger partial charge in [0.25, 0.3) is 0 Å². The molecule has 1 amide bonds. The van der Waals surface area contributed by atoms with Gasteiger partial charge in [0, 0.05) is 25.6 Å². The largest absolute Gasteiger partial charge is 0.444 e. The Morgan fingerprint density at radius 3 is 2.53 bits per heavy atom. The highest BCUT2D eigenvalue weighted by molar-refractivity contribution is 5.85. The first-order chi connectivity index (χ1) is 6.42. The smallest absolute Gasteiger partial charge is 0.410 e. The van der Waals surface area contributed by atoms with Gasteiger partial charge in [0.2, 0.25) is 0 Å². The number of likely N-dealkylation sites (tertiary alicyclic amines) is 1. The number of halogens is 1. The zero-order valence-corrected chi connectivity index (χ0v) is 10.3. The number of nitrogens with zero attached hydrogens (tertiary/aromatic N) is 1. The van der Waals surface area contributed by atoms with Gasteiger partial charge in [-0.1, -0.05) is 0 Å². The van der Waals surface area contributed by atoms with E-state index in [0.717, 1.165) is 6.42 Å². The normalized spacial score (nSPS) is 21.1. The van der Waals surface area contributed by atoms with Crippen LogP contribution in [0.5, 0.6) is 0 Å². The van der Waals surface area contributed by atoms with E-state index >= 15 is 0 Å². The Hall–Kier alpha value is -0.480. The van der Waals surface area contributed by atoms with E-state index in [1.165, 1.54) is 0 Å². The molecule has 90 valence electrons. The second-order valence-corrected chi connectivity index (χ2v) is 4.76. The maximum absolute atomic E-state index is 11.5. The summed E-state index contributed by atoms with van der Waals surface area (Å²) in [6, 6.07) is 0. The van der Waals surface area contributed by atoms with Crippen molar-refractivity contribution < 1.29 is 14.6 Å². The highest BCUT2D eigenvalue weighted by atomic mass is 35.5. The van der Waals surface area contributed by atoms with Gasteiger partial charge >= 0.3 is 6.09 Å². The first kappa shape index (κ1) is 14.5. The number of hydrogen-bond donors (Lipinski definition) is 1. The molecule has 0 unspecified atom stereocenters. The number of carbonyl (C=O) groups excluding carboxylic acids is 1. The van der Waals surface area contributed by atoms with Gasteiger partial charge in [-0.05, 0) is 27.2 Å². The highest BCUT2D eigenvalue weighted by Gasteiger charge is 2.29. The quantitative estimate of drug-likeness (QED) is 0.755. The summed E-state index contributed by atoms with van der Waals surface area (Å²) >= 11 is 0. The summed E-state index contributed by atoms with van der Waals surface area (Å²) in [6.45, 7) is 7.02. The number of amides is 1. The maximum atomic E-state index is 11.5. The Balaban J connectivity index is 0.00000196. The molecule has 0 aromatic heterocycles. The molecule has 1 atom stereocenters. The molecular weight excluding hydrogens is 218 g/mol. The van der Waals surface area contributed by atoms with Crippen LogP contribution in [0.2, 0.25) is 0 Å². The second-order valence-electron chi connectivity index (χ2n) is 4.76. The molecule has 0 aromatic carbocycles. The minimum atomic E-state index is -0.436. The molecule has 0 bridgehead atoms. The molecule has 1 aliphatic heterocycles. The van der Waals surface area contributed by atoms with Gasteiger partial charge in [-0.25, -0.2) is 4.79 Å². The van der Waals surface area contributed by atoms with Gasteiger partial charge in [-0.2, -0.15) is 0 Å². The van der Waals surface area contributed by atoms with Crippen molar-refractivity contribution in [3.8, 4) is 0 Å². The van der Waals surface area contributed by atoms with Crippen LogP contribution in [0.4, 0.5) is 4.79 Å². The molecule has 0 aliphatic carbocycles. The third kappa shape index (κ3) is 4.71. The summed E-state index contributed by atoms with van der Waals surface area (Å²) in [5.41, 5.74) is -0.436. The summed E-state index contributed by atoms with van der Waals surface area (Å²) in [5.74, 6) is 0.225. The predicted octanol–water partition coefficient (Wildman–Crippen LogP) is 1.66. The van der Waals surface area contributed by atoms with Crippen LogP contribution in [-0.4, -0.2) is 41.4 Å². The molecule has 0 aromatic rings. The molecular formula is C10H20ClNO3. The molecule has 0 radical (unpaired) electrons. The molecule has 15 heavy (non-hydrogen) atoms. The summed E-state index contributed by atoms with van der Waals surface area (Å²) in [4.78, 5) is 13.2. The minimum absolute atomic E-state index is 0. The molecule has 0 spiro atoms. The van der Waals surface area contributed by atoms with Gasteiger partial charge in [0.05, 0.1) is 0 Å². The summed E-state index contributed by atoms with van der Waals surface area (Å²) in [5, 5.41) is 8.92. The molecule has 1 heterocycles. The average Bonchev–Trinajstić information content (AvgIpc) is 2.48. The van der Waals surface area contributed by atoms with Gasteiger partial charge < -0.3 is 14.7 Å². The van der Waals surface area contributed by atoms with E-state index in [-0.39, 0.29) is 31.0 Å². The Morgan fingerprint density at radius 2 is 2.13 bits per heavy atom. The van der Waals surface area contributed by atoms with Crippen LogP contribution in [-0.2, 0) is 4.74 Å². The number of ether oxygens (including phenoxy) is 1. The molecule has 1 fully saturated rings. The number of hydrogen-bond acceptors (Lipinski definition) is 3. The molecule has 0 saturated carbocycles. The molecule has 4 nitrogen and oxygen atoms in total. The SMILES string of the molecule is CC(C)(C)OC(=O)N1CC[C@H](CO)C1.Cl. The summed E-state index contributed by atoms with van der Waals surface area (Å²) < 4.78 is 5.22. The zero-order chi connectivity index (χ0) is 10.8.